The van der Waals surface area contributed by atoms with E-state index in [1.165, 1.54) is 0 Å². The number of halogens is 1. The summed E-state index contributed by atoms with van der Waals surface area (Å²) in [4.78, 5) is 15.9. The molecule has 1 unspecified atom stereocenters. The lowest BCUT2D eigenvalue weighted by Crippen LogP contribution is -2.26. The van der Waals surface area contributed by atoms with Gasteiger partial charge in [0.05, 0.1) is 12.6 Å². The third-order valence-corrected chi connectivity index (χ3v) is 3.74. The van der Waals surface area contributed by atoms with Crippen molar-refractivity contribution in [2.24, 2.45) is 0 Å². The van der Waals surface area contributed by atoms with Gasteiger partial charge in [-0.05, 0) is 55.3 Å². The van der Waals surface area contributed by atoms with Gasteiger partial charge >= 0.3 is 0 Å². The highest BCUT2D eigenvalue weighted by Gasteiger charge is 2.08. The number of amides is 1. The average Bonchev–Trinajstić information content (AvgIpc) is 2.54. The maximum absolute atomic E-state index is 11.9. The fraction of sp³-hybridized carbons (Fsp3) is 0.294. The second-order valence-electron chi connectivity index (χ2n) is 4.98. The predicted molar refractivity (Wildman–Crippen MR) is 89.7 cm³/mol. The standard InChI is InChI=1S/C17H19BrN2O2/c1-13(14-8-10-19-11-9-14)20-17(21)3-2-12-22-16-6-4-15(18)5-7-16/h4-11,13H,2-3,12H2,1H3,(H,20,21). The monoisotopic (exact) mass is 362 g/mol. The van der Waals surface area contributed by atoms with Crippen molar-refractivity contribution < 1.29 is 9.53 Å². The van der Waals surface area contributed by atoms with E-state index in [1.54, 1.807) is 12.4 Å². The van der Waals surface area contributed by atoms with Gasteiger partial charge in [0, 0.05) is 23.3 Å². The summed E-state index contributed by atoms with van der Waals surface area (Å²) >= 11 is 3.38. The number of hydrogen-bond donors (Lipinski definition) is 1. The molecule has 5 heteroatoms. The molecule has 1 aromatic carbocycles. The van der Waals surface area contributed by atoms with Crippen LogP contribution in [-0.2, 0) is 4.79 Å². The molecule has 116 valence electrons. The number of nitrogens with zero attached hydrogens (tertiary/aromatic N) is 1. The summed E-state index contributed by atoms with van der Waals surface area (Å²) in [5.74, 6) is 0.845. The van der Waals surface area contributed by atoms with Gasteiger partial charge in [0.15, 0.2) is 0 Å². The molecule has 0 aliphatic carbocycles. The van der Waals surface area contributed by atoms with Crippen molar-refractivity contribution in [3.05, 3.63) is 58.8 Å². The molecule has 1 aromatic heterocycles. The Labute approximate surface area is 139 Å². The largest absolute Gasteiger partial charge is 0.494 e. The Bertz CT molecular complexity index is 587. The van der Waals surface area contributed by atoms with E-state index in [9.17, 15) is 4.79 Å². The van der Waals surface area contributed by atoms with Crippen LogP contribution in [0.2, 0.25) is 0 Å². The first-order chi connectivity index (χ1) is 10.6. The van der Waals surface area contributed by atoms with E-state index in [4.69, 9.17) is 4.74 Å². The van der Waals surface area contributed by atoms with Crippen molar-refractivity contribution in [2.75, 3.05) is 6.61 Å². The number of aromatic nitrogens is 1. The number of nitrogens with one attached hydrogen (secondary N) is 1. The van der Waals surface area contributed by atoms with Gasteiger partial charge in [0.25, 0.3) is 0 Å². The molecule has 1 N–H and O–H groups in total. The minimum atomic E-state index is -0.0112. The molecule has 0 aliphatic heterocycles. The fourth-order valence-corrected chi connectivity index (χ4v) is 2.27. The molecular formula is C17H19BrN2O2. The number of hydrogen-bond acceptors (Lipinski definition) is 3. The second-order valence-corrected chi connectivity index (χ2v) is 5.89. The van der Waals surface area contributed by atoms with E-state index in [-0.39, 0.29) is 11.9 Å². The molecule has 0 aliphatic rings. The summed E-state index contributed by atoms with van der Waals surface area (Å²) < 4.78 is 6.61. The van der Waals surface area contributed by atoms with Gasteiger partial charge in [0.2, 0.25) is 5.91 Å². The Morgan fingerprint density at radius 3 is 2.59 bits per heavy atom. The summed E-state index contributed by atoms with van der Waals surface area (Å²) in [6, 6.07) is 11.5. The molecule has 0 saturated carbocycles. The summed E-state index contributed by atoms with van der Waals surface area (Å²) in [6.45, 7) is 2.49. The van der Waals surface area contributed by atoms with E-state index in [1.807, 2.05) is 43.3 Å². The van der Waals surface area contributed by atoms with Crippen molar-refractivity contribution in [3.8, 4) is 5.75 Å². The number of benzene rings is 1. The van der Waals surface area contributed by atoms with Crippen LogP contribution in [0.4, 0.5) is 0 Å². The van der Waals surface area contributed by atoms with Gasteiger partial charge in [-0.3, -0.25) is 9.78 Å². The Kier molecular flexibility index (Phi) is 6.40. The molecular weight excluding hydrogens is 344 g/mol. The number of pyridine rings is 1. The third-order valence-electron chi connectivity index (χ3n) is 3.21. The van der Waals surface area contributed by atoms with Gasteiger partial charge < -0.3 is 10.1 Å². The smallest absolute Gasteiger partial charge is 0.220 e. The highest BCUT2D eigenvalue weighted by atomic mass is 79.9. The molecule has 0 bridgehead atoms. The topological polar surface area (TPSA) is 51.2 Å². The first-order valence-electron chi connectivity index (χ1n) is 7.23. The molecule has 1 amide bonds. The van der Waals surface area contributed by atoms with Gasteiger partial charge in [-0.15, -0.1) is 0 Å². The van der Waals surface area contributed by atoms with Gasteiger partial charge in [-0.25, -0.2) is 0 Å². The van der Waals surface area contributed by atoms with Gasteiger partial charge in [0.1, 0.15) is 5.75 Å². The van der Waals surface area contributed by atoms with Crippen molar-refractivity contribution in [1.82, 2.24) is 10.3 Å². The summed E-state index contributed by atoms with van der Waals surface area (Å²) in [6.07, 6.45) is 4.59. The quantitative estimate of drug-likeness (QED) is 0.760. The van der Waals surface area contributed by atoms with Crippen molar-refractivity contribution in [2.45, 2.75) is 25.8 Å². The highest BCUT2D eigenvalue weighted by Crippen LogP contribution is 2.16. The van der Waals surface area contributed by atoms with Crippen LogP contribution in [0.5, 0.6) is 5.75 Å². The number of ether oxygens (including phenoxy) is 1. The third kappa shape index (κ3) is 5.48. The van der Waals surface area contributed by atoms with Crippen molar-refractivity contribution in [3.63, 3.8) is 0 Å². The number of carbonyl (C=O) groups is 1. The van der Waals surface area contributed by atoms with Crippen LogP contribution in [-0.4, -0.2) is 17.5 Å². The Morgan fingerprint density at radius 2 is 1.91 bits per heavy atom. The van der Waals surface area contributed by atoms with Gasteiger partial charge in [-0.1, -0.05) is 15.9 Å². The average molecular weight is 363 g/mol. The lowest BCUT2D eigenvalue weighted by molar-refractivity contribution is -0.121. The Balaban J connectivity index is 1.66. The van der Waals surface area contributed by atoms with Crippen LogP contribution in [0.1, 0.15) is 31.4 Å². The molecule has 0 saturated heterocycles. The first kappa shape index (κ1) is 16.5. The van der Waals surface area contributed by atoms with Crippen molar-refractivity contribution >= 4 is 21.8 Å². The van der Waals surface area contributed by atoms with E-state index < -0.39 is 0 Å². The maximum Gasteiger partial charge on any atom is 0.220 e. The summed E-state index contributed by atoms with van der Waals surface area (Å²) in [5.41, 5.74) is 1.05. The molecule has 2 aromatic rings. The minimum absolute atomic E-state index is 0.0112. The van der Waals surface area contributed by atoms with E-state index >= 15 is 0 Å². The van der Waals surface area contributed by atoms with Crippen LogP contribution in [0.3, 0.4) is 0 Å². The molecule has 0 fully saturated rings. The molecule has 2 rings (SSSR count). The predicted octanol–water partition coefficient (Wildman–Crippen LogP) is 3.88. The minimum Gasteiger partial charge on any atom is -0.494 e. The lowest BCUT2D eigenvalue weighted by Gasteiger charge is -2.14. The van der Waals surface area contributed by atoms with E-state index in [2.05, 4.69) is 26.2 Å². The van der Waals surface area contributed by atoms with Crippen molar-refractivity contribution in [1.29, 1.82) is 0 Å². The number of rotatable bonds is 7. The normalized spacial score (nSPS) is 11.7. The molecule has 1 heterocycles. The van der Waals surface area contributed by atoms with Crippen LogP contribution in [0, 0.1) is 0 Å². The van der Waals surface area contributed by atoms with Crippen LogP contribution in [0.15, 0.2) is 53.3 Å². The zero-order chi connectivity index (χ0) is 15.8. The Hall–Kier alpha value is -1.88. The zero-order valence-corrected chi connectivity index (χ0v) is 14.0. The maximum atomic E-state index is 11.9. The zero-order valence-electron chi connectivity index (χ0n) is 12.5. The summed E-state index contributed by atoms with van der Waals surface area (Å²) in [7, 11) is 0. The molecule has 22 heavy (non-hydrogen) atoms. The summed E-state index contributed by atoms with van der Waals surface area (Å²) in [5, 5.41) is 2.97. The molecule has 1 atom stereocenters. The number of carbonyl (C=O) groups excluding carboxylic acids is 1. The van der Waals surface area contributed by atoms with Crippen LogP contribution >= 0.6 is 15.9 Å². The van der Waals surface area contributed by atoms with E-state index in [0.29, 0.717) is 19.4 Å². The highest BCUT2D eigenvalue weighted by molar-refractivity contribution is 9.10. The van der Waals surface area contributed by atoms with E-state index in [0.717, 1.165) is 15.8 Å². The molecule has 0 radical (unpaired) electrons. The molecule has 4 nitrogen and oxygen atoms in total. The SMILES string of the molecule is CC(NC(=O)CCCOc1ccc(Br)cc1)c1ccncc1. The Morgan fingerprint density at radius 1 is 1.23 bits per heavy atom. The van der Waals surface area contributed by atoms with Crippen LogP contribution < -0.4 is 10.1 Å². The molecule has 0 spiro atoms. The fourth-order valence-electron chi connectivity index (χ4n) is 2.00. The van der Waals surface area contributed by atoms with Crippen LogP contribution in [0.25, 0.3) is 0 Å². The lowest BCUT2D eigenvalue weighted by atomic mass is 10.1. The second kappa shape index (κ2) is 8.54. The van der Waals surface area contributed by atoms with Gasteiger partial charge in [-0.2, -0.15) is 0 Å². The first-order valence-corrected chi connectivity index (χ1v) is 8.02.